The molecule has 154 valence electrons. The van der Waals surface area contributed by atoms with Crippen molar-refractivity contribution in [2.24, 2.45) is 0 Å². The van der Waals surface area contributed by atoms with Crippen LogP contribution in [0.15, 0.2) is 91.1 Å². The molecule has 0 radical (unpaired) electrons. The van der Waals surface area contributed by atoms with Crippen LogP contribution in [-0.2, 0) is 6.54 Å². The second-order valence-corrected chi connectivity index (χ2v) is 8.17. The zero-order valence-electron chi connectivity index (χ0n) is 17.7. The number of carbonyl (C=O) groups excluding carboxylic acids is 1. The summed E-state index contributed by atoms with van der Waals surface area (Å²) in [5.41, 5.74) is 7.53. The van der Waals surface area contributed by atoms with Crippen molar-refractivity contribution in [3.8, 4) is 5.69 Å². The number of benzene rings is 3. The van der Waals surface area contributed by atoms with Gasteiger partial charge in [-0.05, 0) is 60.9 Å². The first kappa shape index (κ1) is 19.2. The lowest BCUT2D eigenvalue weighted by Gasteiger charge is -2.31. The molecule has 0 bridgehead atoms. The molecule has 0 fully saturated rings. The molecular weight excluding hydrogens is 382 g/mol. The Labute approximate surface area is 182 Å². The summed E-state index contributed by atoms with van der Waals surface area (Å²) in [6.07, 6.45) is 2.08. The summed E-state index contributed by atoms with van der Waals surface area (Å²) in [6, 6.07) is 28.5. The number of aryl methyl sites for hydroxylation is 2. The molecule has 2 heterocycles. The van der Waals surface area contributed by atoms with E-state index in [9.17, 15) is 4.79 Å². The van der Waals surface area contributed by atoms with E-state index < -0.39 is 0 Å². The number of fused-ring (bicyclic) bond motifs is 3. The minimum absolute atomic E-state index is 0.111. The number of hydrogen-bond donors (Lipinski definition) is 1. The van der Waals surface area contributed by atoms with Crippen LogP contribution < -0.4 is 5.32 Å². The van der Waals surface area contributed by atoms with Gasteiger partial charge in [-0.15, -0.1) is 0 Å². The second kappa shape index (κ2) is 7.80. The van der Waals surface area contributed by atoms with Gasteiger partial charge in [0.2, 0.25) is 0 Å². The van der Waals surface area contributed by atoms with E-state index in [1.54, 1.807) is 0 Å². The van der Waals surface area contributed by atoms with Gasteiger partial charge in [-0.25, -0.2) is 4.79 Å². The molecule has 1 N–H and O–H groups in total. The largest absolute Gasteiger partial charge is 0.322 e. The van der Waals surface area contributed by atoms with Crippen LogP contribution in [0.25, 0.3) is 5.69 Å². The third-order valence-electron chi connectivity index (χ3n) is 5.89. The summed E-state index contributed by atoms with van der Waals surface area (Å²) < 4.78 is 2.21. The van der Waals surface area contributed by atoms with E-state index in [2.05, 4.69) is 71.5 Å². The molecule has 1 aliphatic heterocycles. The Bertz CT molecular complexity index is 1240. The Hall–Kier alpha value is -3.79. The van der Waals surface area contributed by atoms with Crippen molar-refractivity contribution in [2.75, 3.05) is 5.32 Å². The number of para-hydroxylation sites is 1. The minimum Gasteiger partial charge on any atom is -0.318 e. The van der Waals surface area contributed by atoms with Crippen LogP contribution in [0.4, 0.5) is 10.5 Å². The van der Waals surface area contributed by atoms with Crippen LogP contribution in [0, 0.1) is 13.8 Å². The summed E-state index contributed by atoms with van der Waals surface area (Å²) in [5, 5.41) is 3.12. The molecule has 0 saturated heterocycles. The van der Waals surface area contributed by atoms with Gasteiger partial charge in [-0.1, -0.05) is 60.2 Å². The van der Waals surface area contributed by atoms with Crippen molar-refractivity contribution in [3.63, 3.8) is 0 Å². The quantitative estimate of drug-likeness (QED) is 0.420. The number of hydrogen-bond acceptors (Lipinski definition) is 1. The fourth-order valence-corrected chi connectivity index (χ4v) is 4.36. The van der Waals surface area contributed by atoms with Crippen LogP contribution in [0.5, 0.6) is 0 Å². The van der Waals surface area contributed by atoms with E-state index in [0.29, 0.717) is 6.54 Å². The molecule has 1 aromatic heterocycles. The van der Waals surface area contributed by atoms with E-state index in [-0.39, 0.29) is 12.1 Å². The molecule has 5 rings (SSSR count). The van der Waals surface area contributed by atoms with Gasteiger partial charge in [0.1, 0.15) is 0 Å². The molecule has 0 aliphatic carbocycles. The summed E-state index contributed by atoms with van der Waals surface area (Å²) in [6.45, 7) is 4.63. The van der Waals surface area contributed by atoms with E-state index in [1.165, 1.54) is 5.56 Å². The van der Waals surface area contributed by atoms with Gasteiger partial charge in [-0.2, -0.15) is 0 Å². The topological polar surface area (TPSA) is 37.3 Å². The lowest BCUT2D eigenvalue weighted by Crippen LogP contribution is -2.37. The SMILES string of the molecule is Cc1ccc([C@@H]2c3cccn3-c3ccccc3CN2C(=O)Nc2cccc(C)c2)cc1. The van der Waals surface area contributed by atoms with Crippen molar-refractivity contribution in [2.45, 2.75) is 26.4 Å². The van der Waals surface area contributed by atoms with E-state index >= 15 is 0 Å². The maximum Gasteiger partial charge on any atom is 0.322 e. The molecule has 4 aromatic rings. The van der Waals surface area contributed by atoms with Crippen LogP contribution >= 0.6 is 0 Å². The lowest BCUT2D eigenvalue weighted by molar-refractivity contribution is 0.194. The number of rotatable bonds is 2. The summed E-state index contributed by atoms with van der Waals surface area (Å²) in [4.78, 5) is 15.6. The maximum atomic E-state index is 13.6. The number of carbonyl (C=O) groups is 1. The standard InChI is InChI=1S/C27H25N3O/c1-19-12-14-21(15-13-19)26-25-11-6-16-29(25)24-10-4-3-8-22(24)18-30(26)27(31)28-23-9-5-7-20(2)17-23/h3-17,26H,18H2,1-2H3,(H,28,31)/t26-/m1/s1. The first-order valence-corrected chi connectivity index (χ1v) is 10.6. The third-order valence-corrected chi connectivity index (χ3v) is 5.89. The highest BCUT2D eigenvalue weighted by atomic mass is 16.2. The molecular formula is C27H25N3O. The predicted octanol–water partition coefficient (Wildman–Crippen LogP) is 6.23. The molecule has 31 heavy (non-hydrogen) atoms. The highest BCUT2D eigenvalue weighted by Gasteiger charge is 2.32. The number of anilines is 1. The molecule has 2 amide bonds. The van der Waals surface area contributed by atoms with E-state index in [4.69, 9.17) is 0 Å². The minimum atomic E-state index is -0.201. The molecule has 1 aliphatic rings. The zero-order chi connectivity index (χ0) is 21.4. The number of aromatic nitrogens is 1. The van der Waals surface area contributed by atoms with Crippen LogP contribution in [0.3, 0.4) is 0 Å². The molecule has 0 spiro atoms. The van der Waals surface area contributed by atoms with Gasteiger partial charge < -0.3 is 14.8 Å². The van der Waals surface area contributed by atoms with Crippen molar-refractivity contribution in [1.82, 2.24) is 9.47 Å². The Morgan fingerprint density at radius 3 is 2.48 bits per heavy atom. The molecule has 1 atom stereocenters. The van der Waals surface area contributed by atoms with E-state index in [1.807, 2.05) is 48.2 Å². The van der Waals surface area contributed by atoms with Gasteiger partial charge in [0.05, 0.1) is 18.3 Å². The number of nitrogens with one attached hydrogen (secondary N) is 1. The fraction of sp³-hybridized carbons (Fsp3) is 0.148. The highest BCUT2D eigenvalue weighted by molar-refractivity contribution is 5.90. The van der Waals surface area contributed by atoms with Gasteiger partial charge >= 0.3 is 6.03 Å². The normalized spacial score (nSPS) is 15.0. The monoisotopic (exact) mass is 407 g/mol. The van der Waals surface area contributed by atoms with Gasteiger partial charge in [-0.3, -0.25) is 0 Å². The van der Waals surface area contributed by atoms with Crippen LogP contribution in [-0.4, -0.2) is 15.5 Å². The van der Waals surface area contributed by atoms with Crippen molar-refractivity contribution in [3.05, 3.63) is 119 Å². The number of amides is 2. The van der Waals surface area contributed by atoms with Crippen molar-refractivity contribution in [1.29, 1.82) is 0 Å². The second-order valence-electron chi connectivity index (χ2n) is 8.17. The fourth-order valence-electron chi connectivity index (χ4n) is 4.36. The highest BCUT2D eigenvalue weighted by Crippen LogP contribution is 2.37. The Morgan fingerprint density at radius 2 is 1.68 bits per heavy atom. The van der Waals surface area contributed by atoms with Gasteiger partial charge in [0.25, 0.3) is 0 Å². The lowest BCUT2D eigenvalue weighted by atomic mass is 10.0. The number of urea groups is 1. The molecule has 0 saturated carbocycles. The first-order valence-electron chi connectivity index (χ1n) is 10.6. The average molecular weight is 408 g/mol. The molecule has 0 unspecified atom stereocenters. The van der Waals surface area contributed by atoms with Gasteiger partial charge in [0, 0.05) is 17.6 Å². The molecule has 4 nitrogen and oxygen atoms in total. The summed E-state index contributed by atoms with van der Waals surface area (Å²) in [5.74, 6) is 0. The third kappa shape index (κ3) is 3.61. The Balaban J connectivity index is 1.63. The first-order chi connectivity index (χ1) is 15.1. The number of nitrogens with zero attached hydrogens (tertiary/aromatic N) is 2. The molecule has 4 heteroatoms. The van der Waals surface area contributed by atoms with E-state index in [0.717, 1.165) is 33.8 Å². The zero-order valence-corrected chi connectivity index (χ0v) is 17.7. The molecule has 3 aromatic carbocycles. The maximum absolute atomic E-state index is 13.6. The Morgan fingerprint density at radius 1 is 0.871 bits per heavy atom. The predicted molar refractivity (Wildman–Crippen MR) is 125 cm³/mol. The van der Waals surface area contributed by atoms with Gasteiger partial charge in [0.15, 0.2) is 0 Å². The average Bonchev–Trinajstić information content (AvgIpc) is 3.19. The Kier molecular flexibility index (Phi) is 4.83. The van der Waals surface area contributed by atoms with Crippen LogP contribution in [0.2, 0.25) is 0 Å². The van der Waals surface area contributed by atoms with Crippen molar-refractivity contribution < 1.29 is 4.79 Å². The summed E-state index contributed by atoms with van der Waals surface area (Å²) >= 11 is 0. The smallest absolute Gasteiger partial charge is 0.318 e. The van der Waals surface area contributed by atoms with Crippen molar-refractivity contribution >= 4 is 11.7 Å². The summed E-state index contributed by atoms with van der Waals surface area (Å²) in [7, 11) is 0. The van der Waals surface area contributed by atoms with Crippen LogP contribution in [0.1, 0.15) is 34.0 Å².